The van der Waals surface area contributed by atoms with Crippen LogP contribution in [0.25, 0.3) is 0 Å². The van der Waals surface area contributed by atoms with Crippen molar-refractivity contribution < 1.29 is 19.5 Å². The van der Waals surface area contributed by atoms with E-state index in [1.54, 1.807) is 12.1 Å². The van der Waals surface area contributed by atoms with E-state index in [0.29, 0.717) is 41.4 Å². The minimum absolute atomic E-state index is 0.193. The maximum absolute atomic E-state index is 13.1. The molecule has 0 saturated carbocycles. The molecule has 4 heterocycles. The van der Waals surface area contributed by atoms with Crippen LogP contribution in [0, 0.1) is 5.41 Å². The second-order valence-corrected chi connectivity index (χ2v) is 11.0. The molecule has 1 aromatic heterocycles. The SMILES string of the molecule is CCC1(CC)CN(Cc2ccc(Cl)cc2)CCC1(O)c1ccc2c(n1)CN(C1CCC(=O)NC1=O)C2=O. The first-order valence-electron chi connectivity index (χ1n) is 13.0. The highest BCUT2D eigenvalue weighted by atomic mass is 35.5. The quantitative estimate of drug-likeness (QED) is 0.561. The number of benzene rings is 1. The van der Waals surface area contributed by atoms with Crippen LogP contribution < -0.4 is 5.32 Å². The van der Waals surface area contributed by atoms with Crippen molar-refractivity contribution in [3.63, 3.8) is 0 Å². The fourth-order valence-corrected chi connectivity index (χ4v) is 6.46. The molecule has 0 aliphatic carbocycles. The van der Waals surface area contributed by atoms with Gasteiger partial charge in [0.15, 0.2) is 0 Å². The minimum atomic E-state index is -1.15. The molecule has 2 fully saturated rings. The molecule has 37 heavy (non-hydrogen) atoms. The lowest BCUT2D eigenvalue weighted by atomic mass is 9.62. The number of carbonyl (C=O) groups excluding carboxylic acids is 3. The first-order valence-corrected chi connectivity index (χ1v) is 13.4. The number of aliphatic hydroxyl groups is 1. The Balaban J connectivity index is 1.39. The van der Waals surface area contributed by atoms with Crippen molar-refractivity contribution >= 4 is 29.3 Å². The van der Waals surface area contributed by atoms with Crippen LogP contribution in [0.15, 0.2) is 36.4 Å². The van der Waals surface area contributed by atoms with E-state index in [-0.39, 0.29) is 24.8 Å². The summed E-state index contributed by atoms with van der Waals surface area (Å²) in [5.41, 5.74) is 1.23. The first-order chi connectivity index (χ1) is 17.7. The number of likely N-dealkylation sites (tertiary alicyclic amines) is 1. The largest absolute Gasteiger partial charge is 0.383 e. The van der Waals surface area contributed by atoms with Crippen molar-refractivity contribution in [1.82, 2.24) is 20.1 Å². The molecule has 2 aromatic rings. The standard InChI is InChI=1S/C28H33ClN4O4/c1-3-27(4-2)17-32(15-18-5-7-19(29)8-6-18)14-13-28(27,37)23-11-9-20-21(30-23)16-33(26(20)36)22-10-12-24(34)31-25(22)35/h5-9,11,22,37H,3-4,10,12-17H2,1-2H3,(H,31,34,35). The van der Waals surface area contributed by atoms with Gasteiger partial charge in [-0.15, -0.1) is 0 Å². The van der Waals surface area contributed by atoms with Gasteiger partial charge in [0.2, 0.25) is 11.8 Å². The van der Waals surface area contributed by atoms with Crippen molar-refractivity contribution in [2.75, 3.05) is 13.1 Å². The number of fused-ring (bicyclic) bond motifs is 1. The van der Waals surface area contributed by atoms with Crippen LogP contribution in [-0.2, 0) is 28.3 Å². The van der Waals surface area contributed by atoms with Crippen LogP contribution in [0.5, 0.6) is 0 Å². The predicted molar refractivity (Wildman–Crippen MR) is 139 cm³/mol. The van der Waals surface area contributed by atoms with E-state index in [1.165, 1.54) is 10.5 Å². The summed E-state index contributed by atoms with van der Waals surface area (Å²) in [4.78, 5) is 45.8. The first kappa shape index (κ1) is 25.8. The second kappa shape index (κ2) is 9.82. The lowest BCUT2D eigenvalue weighted by Crippen LogP contribution is -2.57. The van der Waals surface area contributed by atoms with E-state index < -0.39 is 23.0 Å². The molecule has 3 aliphatic heterocycles. The number of carbonyl (C=O) groups is 3. The Morgan fingerprint density at radius 3 is 2.51 bits per heavy atom. The number of rotatable bonds is 6. The van der Waals surface area contributed by atoms with Crippen LogP contribution in [0.3, 0.4) is 0 Å². The Labute approximate surface area is 222 Å². The molecule has 3 aliphatic rings. The average Bonchev–Trinajstić information content (AvgIpc) is 3.22. The summed E-state index contributed by atoms with van der Waals surface area (Å²) in [7, 11) is 0. The van der Waals surface area contributed by atoms with Gasteiger partial charge in [0.05, 0.1) is 23.5 Å². The molecular weight excluding hydrogens is 492 g/mol. The molecule has 2 atom stereocenters. The van der Waals surface area contributed by atoms with Gasteiger partial charge >= 0.3 is 0 Å². The fourth-order valence-electron chi connectivity index (χ4n) is 6.33. The molecule has 9 heteroatoms. The van der Waals surface area contributed by atoms with E-state index in [2.05, 4.69) is 24.1 Å². The van der Waals surface area contributed by atoms with Gasteiger partial charge in [-0.25, -0.2) is 0 Å². The van der Waals surface area contributed by atoms with Crippen molar-refractivity contribution in [3.8, 4) is 0 Å². The van der Waals surface area contributed by atoms with Gasteiger partial charge in [-0.05, 0) is 55.5 Å². The third-order valence-corrected chi connectivity index (χ3v) is 8.91. The number of amides is 3. The van der Waals surface area contributed by atoms with Gasteiger partial charge in [0.25, 0.3) is 5.91 Å². The van der Waals surface area contributed by atoms with Gasteiger partial charge in [-0.2, -0.15) is 0 Å². The van der Waals surface area contributed by atoms with Crippen LogP contribution in [0.1, 0.15) is 73.3 Å². The number of aromatic nitrogens is 1. The third-order valence-electron chi connectivity index (χ3n) is 8.66. The van der Waals surface area contributed by atoms with Gasteiger partial charge in [-0.1, -0.05) is 37.6 Å². The summed E-state index contributed by atoms with van der Waals surface area (Å²) in [5.74, 6) is -1.02. The zero-order valence-electron chi connectivity index (χ0n) is 21.3. The summed E-state index contributed by atoms with van der Waals surface area (Å²) < 4.78 is 0. The van der Waals surface area contributed by atoms with E-state index in [1.807, 2.05) is 24.3 Å². The predicted octanol–water partition coefficient (Wildman–Crippen LogP) is 3.40. The number of pyridine rings is 1. The van der Waals surface area contributed by atoms with E-state index in [4.69, 9.17) is 16.6 Å². The summed E-state index contributed by atoms with van der Waals surface area (Å²) >= 11 is 6.05. The van der Waals surface area contributed by atoms with Gasteiger partial charge < -0.3 is 10.0 Å². The zero-order chi connectivity index (χ0) is 26.4. The minimum Gasteiger partial charge on any atom is -0.383 e. The van der Waals surface area contributed by atoms with Crippen LogP contribution in [-0.4, -0.2) is 56.7 Å². The lowest BCUT2D eigenvalue weighted by molar-refractivity contribution is -0.151. The van der Waals surface area contributed by atoms with Crippen LogP contribution >= 0.6 is 11.6 Å². The van der Waals surface area contributed by atoms with Crippen molar-refractivity contribution in [3.05, 3.63) is 63.9 Å². The van der Waals surface area contributed by atoms with Crippen LogP contribution in [0.2, 0.25) is 5.02 Å². The highest BCUT2D eigenvalue weighted by Gasteiger charge is 2.54. The summed E-state index contributed by atoms with van der Waals surface area (Å²) in [6, 6.07) is 10.7. The Morgan fingerprint density at radius 2 is 1.84 bits per heavy atom. The number of hydrogen-bond acceptors (Lipinski definition) is 6. The molecule has 0 radical (unpaired) electrons. The second-order valence-electron chi connectivity index (χ2n) is 10.5. The van der Waals surface area contributed by atoms with E-state index in [9.17, 15) is 19.5 Å². The number of nitrogens with one attached hydrogen (secondary N) is 1. The van der Waals surface area contributed by atoms with Crippen molar-refractivity contribution in [1.29, 1.82) is 0 Å². The summed E-state index contributed by atoms with van der Waals surface area (Å²) in [5, 5.41) is 15.3. The number of halogens is 1. The van der Waals surface area contributed by atoms with Gasteiger partial charge in [0, 0.05) is 36.5 Å². The summed E-state index contributed by atoms with van der Waals surface area (Å²) in [6.45, 7) is 6.63. The van der Waals surface area contributed by atoms with Crippen LogP contribution in [0.4, 0.5) is 0 Å². The monoisotopic (exact) mass is 524 g/mol. The maximum atomic E-state index is 13.1. The molecule has 2 unspecified atom stereocenters. The fraction of sp³-hybridized carbons (Fsp3) is 0.500. The Bertz CT molecular complexity index is 1230. The zero-order valence-corrected chi connectivity index (χ0v) is 22.1. The maximum Gasteiger partial charge on any atom is 0.256 e. The molecular formula is C28H33ClN4O4. The highest BCUT2D eigenvalue weighted by Crippen LogP contribution is 2.50. The third kappa shape index (κ3) is 4.45. The van der Waals surface area contributed by atoms with E-state index >= 15 is 0 Å². The molecule has 2 N–H and O–H groups in total. The molecule has 3 amide bonds. The molecule has 0 bridgehead atoms. The molecule has 196 valence electrons. The molecule has 1 aromatic carbocycles. The van der Waals surface area contributed by atoms with E-state index in [0.717, 1.165) is 25.9 Å². The topological polar surface area (TPSA) is 103 Å². The molecule has 2 saturated heterocycles. The molecule has 8 nitrogen and oxygen atoms in total. The number of imide groups is 1. The number of nitrogens with zero attached hydrogens (tertiary/aromatic N) is 3. The highest BCUT2D eigenvalue weighted by molar-refractivity contribution is 6.30. The Kier molecular flexibility index (Phi) is 6.85. The Hall–Kier alpha value is -2.81. The lowest BCUT2D eigenvalue weighted by Gasteiger charge is -2.53. The normalized spacial score (nSPS) is 25.8. The van der Waals surface area contributed by atoms with Crippen molar-refractivity contribution in [2.24, 2.45) is 5.41 Å². The van der Waals surface area contributed by atoms with Crippen molar-refractivity contribution in [2.45, 2.75) is 70.7 Å². The Morgan fingerprint density at radius 1 is 1.11 bits per heavy atom. The van der Waals surface area contributed by atoms with Gasteiger partial charge in [-0.3, -0.25) is 29.6 Å². The molecule has 0 spiro atoms. The number of piperidine rings is 2. The summed E-state index contributed by atoms with van der Waals surface area (Å²) in [6.07, 6.45) is 2.59. The van der Waals surface area contributed by atoms with Gasteiger partial charge in [0.1, 0.15) is 11.6 Å². The smallest absolute Gasteiger partial charge is 0.256 e. The average molecular weight is 525 g/mol. The molecule has 5 rings (SSSR count). The number of hydrogen-bond donors (Lipinski definition) is 2.